The number of carbonyl (C=O) groups excluding carboxylic acids is 1. The normalized spacial score (nSPS) is 10.4. The molecule has 0 aliphatic rings. The lowest BCUT2D eigenvalue weighted by atomic mass is 10.2. The Balaban J connectivity index is 1.88. The van der Waals surface area contributed by atoms with Crippen LogP contribution in [0.25, 0.3) is 0 Å². The average Bonchev–Trinajstić information content (AvgIpc) is 2.95. The molecule has 112 valence electrons. The summed E-state index contributed by atoms with van der Waals surface area (Å²) in [5.41, 5.74) is 1.07. The summed E-state index contributed by atoms with van der Waals surface area (Å²) in [7, 11) is 0. The summed E-state index contributed by atoms with van der Waals surface area (Å²) in [6.07, 6.45) is 2.02. The Hall–Kier alpha value is -2.23. The van der Waals surface area contributed by atoms with Gasteiger partial charge in [0.2, 0.25) is 0 Å². The van der Waals surface area contributed by atoms with Crippen molar-refractivity contribution in [3.8, 4) is 5.75 Å². The molecule has 4 heteroatoms. The van der Waals surface area contributed by atoms with Gasteiger partial charge in [-0.25, -0.2) is 0 Å². The van der Waals surface area contributed by atoms with Crippen molar-refractivity contribution < 1.29 is 13.9 Å². The highest BCUT2D eigenvalue weighted by atomic mass is 16.5. The number of hydrogen-bond acceptors (Lipinski definition) is 3. The summed E-state index contributed by atoms with van der Waals surface area (Å²) in [5.74, 6) is 1.61. The summed E-state index contributed by atoms with van der Waals surface area (Å²) >= 11 is 0. The maximum atomic E-state index is 11.8. The highest BCUT2D eigenvalue weighted by molar-refractivity contribution is 5.91. The van der Waals surface area contributed by atoms with Crippen LogP contribution in [0.5, 0.6) is 5.75 Å². The maximum absolute atomic E-state index is 11.8. The van der Waals surface area contributed by atoms with E-state index in [-0.39, 0.29) is 5.91 Å². The van der Waals surface area contributed by atoms with E-state index in [1.165, 1.54) is 0 Å². The highest BCUT2D eigenvalue weighted by Crippen LogP contribution is 2.18. The molecule has 0 aliphatic heterocycles. The number of rotatable bonds is 7. The van der Waals surface area contributed by atoms with E-state index in [9.17, 15) is 4.79 Å². The number of amides is 1. The summed E-state index contributed by atoms with van der Waals surface area (Å²) in [6.45, 7) is 5.06. The van der Waals surface area contributed by atoms with Gasteiger partial charge < -0.3 is 14.5 Å². The molecule has 0 unspecified atom stereocenters. The Morgan fingerprint density at radius 3 is 2.81 bits per heavy atom. The van der Waals surface area contributed by atoms with Crippen LogP contribution in [-0.2, 0) is 6.61 Å². The van der Waals surface area contributed by atoms with Crippen LogP contribution in [0.2, 0.25) is 0 Å². The van der Waals surface area contributed by atoms with Crippen LogP contribution in [-0.4, -0.2) is 12.5 Å². The van der Waals surface area contributed by atoms with E-state index in [2.05, 4.69) is 12.2 Å². The van der Waals surface area contributed by atoms with Crippen LogP contribution >= 0.6 is 0 Å². The molecule has 2 aromatic rings. The van der Waals surface area contributed by atoms with Gasteiger partial charge in [-0.3, -0.25) is 4.79 Å². The zero-order valence-corrected chi connectivity index (χ0v) is 12.5. The topological polar surface area (TPSA) is 51.5 Å². The van der Waals surface area contributed by atoms with E-state index >= 15 is 0 Å². The first-order valence-electron chi connectivity index (χ1n) is 7.26. The number of hydrogen-bond donors (Lipinski definition) is 1. The molecule has 0 saturated heterocycles. The van der Waals surface area contributed by atoms with E-state index in [4.69, 9.17) is 9.15 Å². The van der Waals surface area contributed by atoms with E-state index < -0.39 is 0 Å². The number of unbranched alkanes of at least 4 members (excludes halogenated alkanes) is 1. The summed E-state index contributed by atoms with van der Waals surface area (Å²) in [6, 6.07) is 11.2. The molecule has 1 heterocycles. The van der Waals surface area contributed by atoms with Crippen LogP contribution in [0.15, 0.2) is 40.8 Å². The quantitative estimate of drug-likeness (QED) is 0.790. The number of aryl methyl sites for hydroxylation is 1. The van der Waals surface area contributed by atoms with Crippen LogP contribution in [0.1, 0.15) is 41.6 Å². The number of furan rings is 1. The Bertz CT molecular complexity index is 589. The highest BCUT2D eigenvalue weighted by Gasteiger charge is 2.11. The molecule has 1 amide bonds. The van der Waals surface area contributed by atoms with E-state index in [0.717, 1.165) is 24.2 Å². The van der Waals surface area contributed by atoms with Gasteiger partial charge in [-0.2, -0.15) is 0 Å². The molecule has 2 rings (SSSR count). The molecule has 1 aromatic carbocycles. The third-order valence-corrected chi connectivity index (χ3v) is 3.16. The third kappa shape index (κ3) is 4.38. The summed E-state index contributed by atoms with van der Waals surface area (Å²) < 4.78 is 11.2. The Morgan fingerprint density at radius 1 is 1.24 bits per heavy atom. The lowest BCUT2D eigenvalue weighted by Crippen LogP contribution is -2.23. The zero-order valence-electron chi connectivity index (χ0n) is 12.5. The minimum absolute atomic E-state index is 0.175. The van der Waals surface area contributed by atoms with E-state index in [1.807, 2.05) is 31.2 Å². The van der Waals surface area contributed by atoms with Crippen molar-refractivity contribution in [1.29, 1.82) is 0 Å². The smallest absolute Gasteiger partial charge is 0.286 e. The summed E-state index contributed by atoms with van der Waals surface area (Å²) in [5, 5.41) is 2.82. The van der Waals surface area contributed by atoms with Gasteiger partial charge in [0.25, 0.3) is 5.91 Å². The second-order valence-corrected chi connectivity index (χ2v) is 4.93. The second kappa shape index (κ2) is 7.53. The molecular formula is C17H21NO3. The van der Waals surface area contributed by atoms with Crippen molar-refractivity contribution in [1.82, 2.24) is 5.32 Å². The minimum Gasteiger partial charge on any atom is -0.485 e. The van der Waals surface area contributed by atoms with Gasteiger partial charge in [0, 0.05) is 6.54 Å². The second-order valence-electron chi connectivity index (χ2n) is 4.93. The number of nitrogens with one attached hydrogen (secondary N) is 1. The predicted molar refractivity (Wildman–Crippen MR) is 81.5 cm³/mol. The standard InChI is InChI=1S/C17H21NO3/c1-3-4-11-18-17(19)16-10-9-14(21-16)12-20-15-8-6-5-7-13(15)2/h5-10H,3-4,11-12H2,1-2H3,(H,18,19). The SMILES string of the molecule is CCCCNC(=O)c1ccc(COc2ccccc2C)o1. The molecule has 0 aliphatic carbocycles. The molecule has 0 saturated carbocycles. The minimum atomic E-state index is -0.175. The van der Waals surface area contributed by atoms with Gasteiger partial charge in [0.15, 0.2) is 5.76 Å². The van der Waals surface area contributed by atoms with Crippen molar-refractivity contribution >= 4 is 5.91 Å². The molecule has 0 spiro atoms. The number of ether oxygens (including phenoxy) is 1. The Kier molecular flexibility index (Phi) is 5.43. The lowest BCUT2D eigenvalue weighted by molar-refractivity contribution is 0.0921. The van der Waals surface area contributed by atoms with Gasteiger partial charge in [0.05, 0.1) is 0 Å². The lowest BCUT2D eigenvalue weighted by Gasteiger charge is -2.06. The summed E-state index contributed by atoms with van der Waals surface area (Å²) in [4.78, 5) is 11.8. The van der Waals surface area contributed by atoms with Crippen molar-refractivity contribution in [3.05, 3.63) is 53.5 Å². The fourth-order valence-electron chi connectivity index (χ4n) is 1.91. The zero-order chi connectivity index (χ0) is 15.1. The van der Waals surface area contributed by atoms with Gasteiger partial charge >= 0.3 is 0 Å². The molecule has 4 nitrogen and oxygen atoms in total. The number of para-hydroxylation sites is 1. The maximum Gasteiger partial charge on any atom is 0.286 e. The predicted octanol–water partition coefficient (Wildman–Crippen LogP) is 3.70. The first-order valence-corrected chi connectivity index (χ1v) is 7.26. The van der Waals surface area contributed by atoms with Crippen molar-refractivity contribution in [3.63, 3.8) is 0 Å². The van der Waals surface area contributed by atoms with E-state index in [0.29, 0.717) is 24.7 Å². The molecule has 1 N–H and O–H groups in total. The first-order chi connectivity index (χ1) is 10.2. The van der Waals surface area contributed by atoms with Crippen LogP contribution < -0.4 is 10.1 Å². The van der Waals surface area contributed by atoms with Gasteiger partial charge in [-0.05, 0) is 37.1 Å². The fraction of sp³-hybridized carbons (Fsp3) is 0.353. The molecule has 21 heavy (non-hydrogen) atoms. The molecular weight excluding hydrogens is 266 g/mol. The van der Waals surface area contributed by atoms with Crippen molar-refractivity contribution in [2.24, 2.45) is 0 Å². The van der Waals surface area contributed by atoms with Crippen LogP contribution in [0.4, 0.5) is 0 Å². The van der Waals surface area contributed by atoms with Crippen molar-refractivity contribution in [2.75, 3.05) is 6.54 Å². The van der Waals surface area contributed by atoms with Gasteiger partial charge in [0.1, 0.15) is 18.1 Å². The number of benzene rings is 1. The molecule has 0 bridgehead atoms. The third-order valence-electron chi connectivity index (χ3n) is 3.16. The van der Waals surface area contributed by atoms with Crippen molar-refractivity contribution in [2.45, 2.75) is 33.3 Å². The largest absolute Gasteiger partial charge is 0.485 e. The van der Waals surface area contributed by atoms with Gasteiger partial charge in [-0.15, -0.1) is 0 Å². The van der Waals surface area contributed by atoms with Crippen LogP contribution in [0.3, 0.4) is 0 Å². The molecule has 0 atom stereocenters. The van der Waals surface area contributed by atoms with E-state index in [1.54, 1.807) is 12.1 Å². The molecule has 1 aromatic heterocycles. The monoisotopic (exact) mass is 287 g/mol. The number of carbonyl (C=O) groups is 1. The molecule has 0 radical (unpaired) electrons. The average molecular weight is 287 g/mol. The first kappa shape index (κ1) is 15.2. The Morgan fingerprint density at radius 2 is 2.05 bits per heavy atom. The Labute approximate surface area is 125 Å². The molecule has 0 fully saturated rings. The fourth-order valence-corrected chi connectivity index (χ4v) is 1.91. The van der Waals surface area contributed by atoms with Gasteiger partial charge in [-0.1, -0.05) is 31.5 Å². The van der Waals surface area contributed by atoms with Crippen LogP contribution in [0, 0.1) is 6.92 Å².